The van der Waals surface area contributed by atoms with E-state index in [0.717, 1.165) is 96.9 Å². The number of hydrogen-bond donors (Lipinski definition) is 2. The number of benzene rings is 4. The predicted molar refractivity (Wildman–Crippen MR) is 252 cm³/mol. The van der Waals surface area contributed by atoms with Gasteiger partial charge in [0.05, 0.1) is 23.2 Å². The van der Waals surface area contributed by atoms with Crippen molar-refractivity contribution in [3.63, 3.8) is 0 Å². The molecule has 3 aliphatic carbocycles. The number of allylic oxidation sites excluding steroid dienone is 1. The number of fused-ring (bicyclic) bond motifs is 3. The van der Waals surface area contributed by atoms with Crippen molar-refractivity contribution in [1.82, 2.24) is 9.80 Å². The van der Waals surface area contributed by atoms with E-state index in [1.165, 1.54) is 12.1 Å². The SMILES string of the molecule is C=CCO[C@@]12Oc3ccc(OCCN4CC4)cc3[C@H]3[C@H](CCCCO)[C@@H](CCCCO)C=C(C(=NOCc4ccc([N+](=O)[O-])cc4)C[C@@H]1N(Cc1cccc4ccccc14)C(=O)C1CC1)[C@H]32. The topological polar surface area (TPSA) is 156 Å². The van der Waals surface area contributed by atoms with Crippen molar-refractivity contribution >= 4 is 28.1 Å². The summed E-state index contributed by atoms with van der Waals surface area (Å²) in [5.41, 5.74) is 4.38. The molecule has 3 fully saturated rings. The van der Waals surface area contributed by atoms with Crippen molar-refractivity contribution in [2.45, 2.75) is 88.7 Å². The molecule has 66 heavy (non-hydrogen) atoms. The van der Waals surface area contributed by atoms with Crippen LogP contribution in [0.25, 0.3) is 10.8 Å². The predicted octanol–water partition coefficient (Wildman–Crippen LogP) is 8.72. The highest BCUT2D eigenvalue weighted by Gasteiger charge is 2.66. The second kappa shape index (κ2) is 20.5. The molecule has 348 valence electrons. The van der Waals surface area contributed by atoms with Gasteiger partial charge in [-0.1, -0.05) is 72.6 Å². The van der Waals surface area contributed by atoms with Crippen LogP contribution in [0.2, 0.25) is 0 Å². The van der Waals surface area contributed by atoms with Crippen molar-refractivity contribution in [3.05, 3.63) is 136 Å². The zero-order valence-electron chi connectivity index (χ0n) is 37.7. The zero-order chi connectivity index (χ0) is 45.6. The number of oxime groups is 1. The van der Waals surface area contributed by atoms with Crippen LogP contribution in [0.4, 0.5) is 5.69 Å². The number of unbranched alkanes of at least 4 members (excludes halogenated alkanes) is 2. The molecule has 2 heterocycles. The van der Waals surface area contributed by atoms with Gasteiger partial charge < -0.3 is 34.2 Å². The lowest BCUT2D eigenvalue weighted by Gasteiger charge is -2.60. The molecule has 1 amide bonds. The number of aliphatic hydroxyl groups is 2. The maximum Gasteiger partial charge on any atom is 0.269 e. The third-order valence-electron chi connectivity index (χ3n) is 14.2. The summed E-state index contributed by atoms with van der Waals surface area (Å²) in [5, 5.41) is 38.6. The van der Waals surface area contributed by atoms with Crippen molar-refractivity contribution in [2.75, 3.05) is 46.1 Å². The number of rotatable bonds is 23. The lowest BCUT2D eigenvalue weighted by Crippen LogP contribution is -2.70. The summed E-state index contributed by atoms with van der Waals surface area (Å²) in [7, 11) is 0. The van der Waals surface area contributed by atoms with E-state index in [1.807, 2.05) is 35.2 Å². The van der Waals surface area contributed by atoms with E-state index < -0.39 is 22.7 Å². The van der Waals surface area contributed by atoms with Crippen LogP contribution < -0.4 is 9.47 Å². The number of carbonyl (C=O) groups is 1. The number of ether oxygens (including phenoxy) is 3. The minimum Gasteiger partial charge on any atom is -0.492 e. The van der Waals surface area contributed by atoms with Crippen molar-refractivity contribution in [2.24, 2.45) is 28.8 Å². The molecule has 4 aromatic rings. The van der Waals surface area contributed by atoms with Crippen LogP contribution in [-0.4, -0.2) is 94.4 Å². The Labute approximate surface area is 386 Å². The molecule has 5 aliphatic rings. The Bertz CT molecular complexity index is 2430. The Morgan fingerprint density at radius 1 is 0.985 bits per heavy atom. The summed E-state index contributed by atoms with van der Waals surface area (Å²) in [4.78, 5) is 36.7. The molecule has 0 aromatic heterocycles. The van der Waals surface area contributed by atoms with Crippen LogP contribution in [0.1, 0.15) is 80.4 Å². The molecule has 2 saturated carbocycles. The van der Waals surface area contributed by atoms with Gasteiger partial charge in [0.1, 0.15) is 30.8 Å². The van der Waals surface area contributed by atoms with Gasteiger partial charge in [-0.15, -0.1) is 6.58 Å². The average Bonchev–Trinajstić information content (AvgIpc) is 4.28. The maximum absolute atomic E-state index is 15.1. The average molecular weight is 899 g/mol. The molecular formula is C53H62N4O9. The maximum atomic E-state index is 15.1. The van der Waals surface area contributed by atoms with Gasteiger partial charge in [-0.3, -0.25) is 19.8 Å². The first-order valence-corrected chi connectivity index (χ1v) is 23.9. The quantitative estimate of drug-likeness (QED) is 0.0243. The number of non-ortho nitro benzene ring substituents is 1. The Morgan fingerprint density at radius 3 is 2.50 bits per heavy atom. The molecular weight excluding hydrogens is 837 g/mol. The molecule has 1 saturated heterocycles. The van der Waals surface area contributed by atoms with Crippen LogP contribution in [0.15, 0.2) is 114 Å². The highest BCUT2D eigenvalue weighted by molar-refractivity contribution is 6.03. The van der Waals surface area contributed by atoms with Gasteiger partial charge >= 0.3 is 0 Å². The molecule has 0 unspecified atom stereocenters. The normalized spacial score (nSPS) is 24.7. The fraction of sp³-hybridized carbons (Fsp3) is 0.472. The second-order valence-corrected chi connectivity index (χ2v) is 18.5. The van der Waals surface area contributed by atoms with Gasteiger partial charge in [-0.2, -0.15) is 0 Å². The molecule has 2 N–H and O–H groups in total. The smallest absolute Gasteiger partial charge is 0.269 e. The molecule has 6 atom stereocenters. The van der Waals surface area contributed by atoms with E-state index in [4.69, 9.17) is 24.2 Å². The largest absolute Gasteiger partial charge is 0.492 e. The summed E-state index contributed by atoms with van der Waals surface area (Å²) in [6.07, 6.45) is 10.6. The van der Waals surface area contributed by atoms with Crippen molar-refractivity contribution in [3.8, 4) is 11.5 Å². The second-order valence-electron chi connectivity index (χ2n) is 18.5. The van der Waals surface area contributed by atoms with Gasteiger partial charge in [-0.25, -0.2) is 0 Å². The monoisotopic (exact) mass is 898 g/mol. The number of nitro groups is 1. The number of hydrogen-bond acceptors (Lipinski definition) is 11. The zero-order valence-corrected chi connectivity index (χ0v) is 37.7. The fourth-order valence-corrected chi connectivity index (χ4v) is 10.7. The number of nitrogens with zero attached hydrogens (tertiary/aromatic N) is 4. The summed E-state index contributed by atoms with van der Waals surface area (Å²) in [6.45, 7) is 8.44. The summed E-state index contributed by atoms with van der Waals surface area (Å²) in [5.74, 6) is -0.545. The Morgan fingerprint density at radius 2 is 1.76 bits per heavy atom. The molecule has 0 bridgehead atoms. The summed E-state index contributed by atoms with van der Waals surface area (Å²) < 4.78 is 21.2. The number of carbonyl (C=O) groups excluding carboxylic acids is 1. The Balaban J connectivity index is 1.22. The van der Waals surface area contributed by atoms with Gasteiger partial charge in [0.2, 0.25) is 11.7 Å². The fourth-order valence-electron chi connectivity index (χ4n) is 10.7. The van der Waals surface area contributed by atoms with Crippen molar-refractivity contribution in [1.29, 1.82) is 0 Å². The van der Waals surface area contributed by atoms with Crippen LogP contribution in [-0.2, 0) is 27.5 Å². The van der Waals surface area contributed by atoms with Gasteiger partial charge in [0.25, 0.3) is 5.69 Å². The number of amides is 1. The lowest BCUT2D eigenvalue weighted by molar-refractivity contribution is -0.384. The number of aliphatic hydroxyl groups excluding tert-OH is 2. The van der Waals surface area contributed by atoms with E-state index in [0.29, 0.717) is 37.5 Å². The highest BCUT2D eigenvalue weighted by atomic mass is 16.7. The lowest BCUT2D eigenvalue weighted by atomic mass is 9.55. The van der Waals surface area contributed by atoms with Crippen molar-refractivity contribution < 1.29 is 39.0 Å². The standard InChI is InChI=1S/C53H62N4O9/c1-2-29-64-53-49(56(52(60)38-18-19-38)34-40-13-9-12-37-10-3-4-14-43(37)40)33-47(54-65-35-36-16-20-41(21-17-36)57(61)62)45-31-39(11-5-7-27-58)44(15-6-8-28-59)50(51(45)53)46-32-42(22-23-48(46)66-53)63-30-26-55-24-25-55/h2-4,9-10,12-14,16-17,20-23,31-32,38-39,44,49-51,58-59H,1,5-8,11,15,18-19,24-30,33-35H2/t39-,44+,49-,50+,51+,53+/m0/s1. The summed E-state index contributed by atoms with van der Waals surface area (Å²) >= 11 is 0. The number of nitro benzene ring substituents is 1. The molecule has 0 spiro atoms. The third-order valence-corrected chi connectivity index (χ3v) is 14.2. The minimum atomic E-state index is -1.39. The van der Waals surface area contributed by atoms with E-state index in [1.54, 1.807) is 18.2 Å². The minimum absolute atomic E-state index is 0.00585. The van der Waals surface area contributed by atoms with Gasteiger partial charge in [0.15, 0.2) is 0 Å². The van der Waals surface area contributed by atoms with E-state index in [2.05, 4.69) is 47.9 Å². The molecule has 2 aliphatic heterocycles. The first-order chi connectivity index (χ1) is 32.3. The van der Waals surface area contributed by atoms with Gasteiger partial charge in [0, 0.05) is 75.3 Å². The van der Waals surface area contributed by atoms with E-state index in [-0.39, 0.29) is 68.1 Å². The third kappa shape index (κ3) is 9.76. The molecule has 9 rings (SSSR count). The molecule has 13 heteroatoms. The highest BCUT2D eigenvalue weighted by Crippen LogP contribution is 2.62. The van der Waals surface area contributed by atoms with E-state index >= 15 is 4.79 Å². The Hall–Kier alpha value is -5.60. The molecule has 0 radical (unpaired) electrons. The van der Waals surface area contributed by atoms with Gasteiger partial charge in [-0.05, 0) is 108 Å². The van der Waals surface area contributed by atoms with Crippen LogP contribution >= 0.6 is 0 Å². The summed E-state index contributed by atoms with van der Waals surface area (Å²) in [6, 6.07) is 26.2. The molecule has 4 aromatic carbocycles. The molecule has 13 nitrogen and oxygen atoms in total. The first-order valence-electron chi connectivity index (χ1n) is 23.9. The van der Waals surface area contributed by atoms with Crippen LogP contribution in [0, 0.1) is 33.8 Å². The van der Waals surface area contributed by atoms with E-state index in [9.17, 15) is 20.3 Å². The Kier molecular flexibility index (Phi) is 14.2. The van der Waals surface area contributed by atoms with Crippen LogP contribution in [0.3, 0.4) is 0 Å². The van der Waals surface area contributed by atoms with Crippen LogP contribution in [0.5, 0.6) is 11.5 Å². The first kappa shape index (κ1) is 45.6.